The number of rotatable bonds is 4. The maximum Gasteiger partial charge on any atom is 0.320 e. The number of likely N-dealkylation sites (tertiary alicyclic amines) is 1. The fourth-order valence-corrected chi connectivity index (χ4v) is 1.52. The molecule has 0 bridgehead atoms. The van der Waals surface area contributed by atoms with E-state index in [-0.39, 0.29) is 18.2 Å². The third-order valence-corrected chi connectivity index (χ3v) is 2.38. The highest BCUT2D eigenvalue weighted by atomic mass is 16.4. The number of hydrogen-bond donors (Lipinski definition) is 2. The number of carbonyl (C=O) groups is 3. The molecule has 0 aromatic carbocycles. The number of carboxylic acids is 1. The van der Waals surface area contributed by atoms with Gasteiger partial charge in [-0.15, -0.1) is 0 Å². The molecule has 0 aromatic rings. The van der Waals surface area contributed by atoms with Crippen LogP contribution in [0.25, 0.3) is 0 Å². The van der Waals surface area contributed by atoms with Gasteiger partial charge in [0.2, 0.25) is 11.8 Å². The molecule has 2 N–H and O–H groups in total. The Morgan fingerprint density at radius 1 is 1.67 bits per heavy atom. The first-order chi connectivity index (χ1) is 6.97. The maximum atomic E-state index is 11.6. The van der Waals surface area contributed by atoms with E-state index in [1.807, 2.05) is 0 Å². The average Bonchev–Trinajstić information content (AvgIpc) is 2.41. The summed E-state index contributed by atoms with van der Waals surface area (Å²) in [5.74, 6) is -1.63. The molecule has 1 saturated heterocycles. The summed E-state index contributed by atoms with van der Waals surface area (Å²) in [6.45, 7) is 3.48. The molecule has 15 heavy (non-hydrogen) atoms. The highest BCUT2D eigenvalue weighted by Crippen LogP contribution is 2.12. The van der Waals surface area contributed by atoms with E-state index in [9.17, 15) is 14.4 Å². The summed E-state index contributed by atoms with van der Waals surface area (Å²) < 4.78 is 0. The molecule has 1 rings (SSSR count). The second-order valence-corrected chi connectivity index (χ2v) is 3.46. The predicted octanol–water partition coefficient (Wildman–Crippen LogP) is -0.803. The first kappa shape index (κ1) is 11.6. The number of carbonyl (C=O) groups excluding carboxylic acids is 2. The van der Waals surface area contributed by atoms with E-state index in [2.05, 4.69) is 5.32 Å². The molecular formula is C9H14N2O4. The minimum atomic E-state index is -1.04. The van der Waals surface area contributed by atoms with Crippen LogP contribution < -0.4 is 5.32 Å². The monoisotopic (exact) mass is 214 g/mol. The molecule has 1 fully saturated rings. The first-order valence-corrected chi connectivity index (χ1v) is 4.80. The minimum absolute atomic E-state index is 0.0459. The molecule has 6 nitrogen and oxygen atoms in total. The molecule has 6 heteroatoms. The van der Waals surface area contributed by atoms with Crippen LogP contribution in [0.5, 0.6) is 0 Å². The standard InChI is InChI=1S/C9H14N2O4/c1-3-11-7(12)4-6(8(11)13)10-5(2)9(14)15/h5-6,10H,3-4H2,1-2H3,(H,14,15)/t5-,6?/m1/s1. The maximum absolute atomic E-state index is 11.6. The van der Waals surface area contributed by atoms with E-state index in [0.29, 0.717) is 6.54 Å². The molecule has 84 valence electrons. The smallest absolute Gasteiger partial charge is 0.320 e. The summed E-state index contributed by atoms with van der Waals surface area (Å²) >= 11 is 0. The van der Waals surface area contributed by atoms with Crippen molar-refractivity contribution in [3.8, 4) is 0 Å². The molecule has 0 radical (unpaired) electrons. The van der Waals surface area contributed by atoms with Gasteiger partial charge in [0.25, 0.3) is 0 Å². The molecule has 1 aliphatic rings. The average molecular weight is 214 g/mol. The van der Waals surface area contributed by atoms with Crippen molar-refractivity contribution in [2.75, 3.05) is 6.54 Å². The van der Waals surface area contributed by atoms with Gasteiger partial charge in [-0.1, -0.05) is 0 Å². The second-order valence-electron chi connectivity index (χ2n) is 3.46. The van der Waals surface area contributed by atoms with Crippen molar-refractivity contribution in [2.24, 2.45) is 0 Å². The number of nitrogens with zero attached hydrogens (tertiary/aromatic N) is 1. The zero-order valence-electron chi connectivity index (χ0n) is 8.69. The van der Waals surface area contributed by atoms with Crippen LogP contribution in [0.3, 0.4) is 0 Å². The predicted molar refractivity (Wildman–Crippen MR) is 51.0 cm³/mol. The fraction of sp³-hybridized carbons (Fsp3) is 0.667. The van der Waals surface area contributed by atoms with Gasteiger partial charge < -0.3 is 5.11 Å². The number of nitrogens with one attached hydrogen (secondary N) is 1. The molecule has 0 spiro atoms. The Morgan fingerprint density at radius 2 is 2.27 bits per heavy atom. The zero-order valence-corrected chi connectivity index (χ0v) is 8.69. The van der Waals surface area contributed by atoms with Gasteiger partial charge >= 0.3 is 5.97 Å². The van der Waals surface area contributed by atoms with Crippen molar-refractivity contribution in [3.63, 3.8) is 0 Å². The van der Waals surface area contributed by atoms with E-state index in [1.54, 1.807) is 6.92 Å². The Hall–Kier alpha value is -1.43. The number of amides is 2. The number of carboxylic acid groups (broad SMARTS) is 1. The molecule has 1 aliphatic heterocycles. The zero-order chi connectivity index (χ0) is 11.6. The molecule has 0 saturated carbocycles. The van der Waals surface area contributed by atoms with Crippen molar-refractivity contribution >= 4 is 17.8 Å². The highest BCUT2D eigenvalue weighted by molar-refractivity contribution is 6.05. The Labute approximate surface area is 87.2 Å². The van der Waals surface area contributed by atoms with E-state index in [0.717, 1.165) is 4.90 Å². The van der Waals surface area contributed by atoms with Gasteiger partial charge in [-0.2, -0.15) is 0 Å². The quantitative estimate of drug-likeness (QED) is 0.598. The van der Waals surface area contributed by atoms with Crippen molar-refractivity contribution < 1.29 is 19.5 Å². The third kappa shape index (κ3) is 2.33. The molecule has 1 unspecified atom stereocenters. The lowest BCUT2D eigenvalue weighted by Gasteiger charge is -2.15. The van der Waals surface area contributed by atoms with E-state index in [1.165, 1.54) is 6.92 Å². The molecule has 0 aromatic heterocycles. The van der Waals surface area contributed by atoms with Crippen molar-refractivity contribution in [2.45, 2.75) is 32.4 Å². The lowest BCUT2D eigenvalue weighted by atomic mass is 10.2. The highest BCUT2D eigenvalue weighted by Gasteiger charge is 2.38. The Morgan fingerprint density at radius 3 is 2.67 bits per heavy atom. The summed E-state index contributed by atoms with van der Waals surface area (Å²) in [7, 11) is 0. The van der Waals surface area contributed by atoms with Crippen LogP contribution in [0.2, 0.25) is 0 Å². The summed E-state index contributed by atoms with van der Waals surface area (Å²) in [6, 6.07) is -1.52. The lowest BCUT2D eigenvalue weighted by Crippen LogP contribution is -2.45. The Bertz CT molecular complexity index is 302. The summed E-state index contributed by atoms with van der Waals surface area (Å²) in [4.78, 5) is 34.5. The van der Waals surface area contributed by atoms with Crippen LogP contribution in [-0.2, 0) is 14.4 Å². The van der Waals surface area contributed by atoms with Crippen LogP contribution in [0.15, 0.2) is 0 Å². The third-order valence-electron chi connectivity index (χ3n) is 2.38. The summed E-state index contributed by atoms with van der Waals surface area (Å²) in [5.41, 5.74) is 0. The molecule has 0 aliphatic carbocycles. The van der Waals surface area contributed by atoms with Crippen molar-refractivity contribution in [1.29, 1.82) is 0 Å². The number of hydrogen-bond acceptors (Lipinski definition) is 4. The summed E-state index contributed by atoms with van der Waals surface area (Å²) in [5, 5.41) is 11.3. The number of aliphatic carboxylic acids is 1. The summed E-state index contributed by atoms with van der Waals surface area (Å²) in [6.07, 6.45) is 0.0459. The normalized spacial score (nSPS) is 23.3. The van der Waals surface area contributed by atoms with Gasteiger partial charge in [0.1, 0.15) is 6.04 Å². The van der Waals surface area contributed by atoms with E-state index in [4.69, 9.17) is 5.11 Å². The van der Waals surface area contributed by atoms with Crippen LogP contribution >= 0.6 is 0 Å². The largest absolute Gasteiger partial charge is 0.480 e. The molecule has 2 amide bonds. The van der Waals surface area contributed by atoms with Crippen LogP contribution in [0.1, 0.15) is 20.3 Å². The minimum Gasteiger partial charge on any atom is -0.480 e. The fourth-order valence-electron chi connectivity index (χ4n) is 1.52. The molecule has 1 heterocycles. The molecule has 2 atom stereocenters. The van der Waals surface area contributed by atoms with Gasteiger partial charge in [-0.25, -0.2) is 0 Å². The van der Waals surface area contributed by atoms with Crippen LogP contribution in [0.4, 0.5) is 0 Å². The van der Waals surface area contributed by atoms with Crippen molar-refractivity contribution in [1.82, 2.24) is 10.2 Å². The SMILES string of the molecule is CCN1C(=O)CC(N[C@H](C)C(=O)O)C1=O. The molecular weight excluding hydrogens is 200 g/mol. The Kier molecular flexibility index (Phi) is 3.41. The first-order valence-electron chi connectivity index (χ1n) is 4.80. The van der Waals surface area contributed by atoms with Gasteiger partial charge in [-0.05, 0) is 13.8 Å². The lowest BCUT2D eigenvalue weighted by molar-refractivity contribution is -0.139. The van der Waals surface area contributed by atoms with Gasteiger partial charge in [-0.3, -0.25) is 24.6 Å². The van der Waals surface area contributed by atoms with E-state index < -0.39 is 18.1 Å². The van der Waals surface area contributed by atoms with Crippen molar-refractivity contribution in [3.05, 3.63) is 0 Å². The van der Waals surface area contributed by atoms with Gasteiger partial charge in [0, 0.05) is 6.54 Å². The van der Waals surface area contributed by atoms with Crippen LogP contribution in [-0.4, -0.2) is 46.4 Å². The number of likely N-dealkylation sites (N-methyl/N-ethyl adjacent to an activating group) is 1. The second kappa shape index (κ2) is 4.39. The topological polar surface area (TPSA) is 86.7 Å². The van der Waals surface area contributed by atoms with E-state index >= 15 is 0 Å². The van der Waals surface area contributed by atoms with Gasteiger partial charge in [0.05, 0.1) is 12.5 Å². The number of imide groups is 1. The van der Waals surface area contributed by atoms with Crippen LogP contribution in [0, 0.1) is 0 Å². The Balaban J connectivity index is 2.63. The van der Waals surface area contributed by atoms with Gasteiger partial charge in [0.15, 0.2) is 0 Å².